The zero-order valence-corrected chi connectivity index (χ0v) is 5.54. The minimum Gasteiger partial charge on any atom is -0.140 e. The Labute approximate surface area is 49.8 Å². The zero-order valence-electron chi connectivity index (χ0n) is 3.39. The Balaban J connectivity index is 0.000000250. The Morgan fingerprint density at radius 2 is 1.50 bits per heavy atom. The van der Waals surface area contributed by atoms with Gasteiger partial charge in [-0.25, -0.2) is 0 Å². The molecule has 0 atom stereocenters. The molecular formula is C4H5AlP. The molecule has 0 fully saturated rings. The molecule has 0 unspecified atom stereocenters. The third-order valence-corrected chi connectivity index (χ3v) is 1.27. The smallest absolute Gasteiger partial charge is 0 e. The van der Waals surface area contributed by atoms with Crippen molar-refractivity contribution in [2.45, 2.75) is 0 Å². The van der Waals surface area contributed by atoms with Crippen molar-refractivity contribution in [3.63, 3.8) is 0 Å². The van der Waals surface area contributed by atoms with Crippen molar-refractivity contribution in [2.75, 3.05) is 0 Å². The van der Waals surface area contributed by atoms with E-state index in [0.29, 0.717) is 0 Å². The predicted octanol–water partition coefficient (Wildman–Crippen LogP) is 1.34. The first kappa shape index (κ1) is 6.31. The van der Waals surface area contributed by atoms with Crippen LogP contribution in [0.4, 0.5) is 0 Å². The summed E-state index contributed by atoms with van der Waals surface area (Å²) in [4.78, 5) is 0. The normalized spacial score (nSPS) is 6.67. The molecule has 1 aromatic heterocycles. The quantitative estimate of drug-likeness (QED) is 0.443. The summed E-state index contributed by atoms with van der Waals surface area (Å²) in [6.07, 6.45) is 0. The molecule has 0 N–H and O–H groups in total. The van der Waals surface area contributed by atoms with E-state index in [0.717, 1.165) is 8.19 Å². The molecule has 6 heavy (non-hydrogen) atoms. The van der Waals surface area contributed by atoms with Crippen LogP contribution in [-0.2, 0) is 0 Å². The van der Waals surface area contributed by atoms with Crippen molar-refractivity contribution in [1.29, 1.82) is 0 Å². The number of hydrogen-bond acceptors (Lipinski definition) is 0. The molecule has 0 aliphatic heterocycles. The molecule has 0 nitrogen and oxygen atoms in total. The highest BCUT2D eigenvalue weighted by Crippen LogP contribution is 1.99. The van der Waals surface area contributed by atoms with Crippen LogP contribution in [0.5, 0.6) is 0 Å². The van der Waals surface area contributed by atoms with Crippen molar-refractivity contribution in [2.24, 2.45) is 0 Å². The molecule has 0 aliphatic carbocycles. The number of rotatable bonds is 0. The second kappa shape index (κ2) is 3.50. The lowest BCUT2D eigenvalue weighted by molar-refractivity contribution is 2.03. The van der Waals surface area contributed by atoms with E-state index < -0.39 is 0 Å². The first-order valence-corrected chi connectivity index (χ1v) is 2.73. The summed E-state index contributed by atoms with van der Waals surface area (Å²) in [6, 6.07) is 4.14. The molecule has 2 heteroatoms. The Bertz CT molecular complexity index is 64.0. The molecular weight excluding hydrogens is 106 g/mol. The standard InChI is InChI=1S/C4H5P.Al/c1-2-4-5-3-1;/h1-5H;. The maximum atomic E-state index is 2.15. The Hall–Kier alpha value is 0.312. The van der Waals surface area contributed by atoms with E-state index in [-0.39, 0.29) is 17.4 Å². The molecule has 29 valence electrons. The van der Waals surface area contributed by atoms with E-state index >= 15 is 0 Å². The van der Waals surface area contributed by atoms with Crippen LogP contribution in [0.25, 0.3) is 0 Å². The van der Waals surface area contributed by atoms with Crippen molar-refractivity contribution >= 4 is 25.6 Å². The van der Waals surface area contributed by atoms with Gasteiger partial charge in [0.1, 0.15) is 0 Å². The summed E-state index contributed by atoms with van der Waals surface area (Å²) in [5, 5.41) is 0. The second-order valence-electron chi connectivity index (χ2n) is 0.885. The highest BCUT2D eigenvalue weighted by molar-refractivity contribution is 7.28. The first-order valence-electron chi connectivity index (χ1n) is 1.58. The van der Waals surface area contributed by atoms with Crippen LogP contribution in [0.3, 0.4) is 0 Å². The summed E-state index contributed by atoms with van der Waals surface area (Å²) < 4.78 is 0. The molecule has 0 saturated carbocycles. The predicted molar refractivity (Wildman–Crippen MR) is 31.7 cm³/mol. The van der Waals surface area contributed by atoms with E-state index in [1.807, 2.05) is 0 Å². The van der Waals surface area contributed by atoms with Crippen LogP contribution in [0.1, 0.15) is 0 Å². The lowest BCUT2D eigenvalue weighted by Crippen LogP contribution is -1.16. The third-order valence-electron chi connectivity index (χ3n) is 0.496. The summed E-state index contributed by atoms with van der Waals surface area (Å²) in [5.41, 5.74) is 0. The summed E-state index contributed by atoms with van der Waals surface area (Å²) >= 11 is 0. The second-order valence-corrected chi connectivity index (χ2v) is 1.88. The largest absolute Gasteiger partial charge is 0.140 e. The fourth-order valence-electron chi connectivity index (χ4n) is 0.278. The fraction of sp³-hybridized carbons (Fsp3) is 0. The lowest BCUT2D eigenvalue weighted by Gasteiger charge is -1.41. The van der Waals surface area contributed by atoms with E-state index in [1.165, 1.54) is 0 Å². The lowest BCUT2D eigenvalue weighted by atomic mass is 10.7. The minimum absolute atomic E-state index is 0. The molecule has 0 spiro atoms. The molecule has 0 amide bonds. The van der Waals surface area contributed by atoms with E-state index in [2.05, 4.69) is 23.7 Å². The van der Waals surface area contributed by atoms with E-state index in [1.54, 1.807) is 0 Å². The Morgan fingerprint density at radius 3 is 1.67 bits per heavy atom. The van der Waals surface area contributed by atoms with Crippen molar-refractivity contribution in [3.05, 3.63) is 23.7 Å². The molecule has 1 rings (SSSR count). The molecule has 0 aromatic carbocycles. The van der Waals surface area contributed by atoms with Gasteiger partial charge in [0.2, 0.25) is 0 Å². The van der Waals surface area contributed by atoms with Gasteiger partial charge in [-0.1, -0.05) is 12.1 Å². The van der Waals surface area contributed by atoms with Gasteiger partial charge in [0.15, 0.2) is 0 Å². The maximum Gasteiger partial charge on any atom is 0 e. The average Bonchev–Trinajstić information content (AvgIpc) is 1.76. The van der Waals surface area contributed by atoms with Crippen molar-refractivity contribution in [3.8, 4) is 0 Å². The molecule has 1 heterocycles. The van der Waals surface area contributed by atoms with Crippen molar-refractivity contribution < 1.29 is 0 Å². The van der Waals surface area contributed by atoms with Gasteiger partial charge in [-0.15, -0.1) is 8.19 Å². The number of hydrogen-bond donors (Lipinski definition) is 0. The van der Waals surface area contributed by atoms with E-state index in [9.17, 15) is 0 Å². The highest BCUT2D eigenvalue weighted by atomic mass is 31.0. The van der Waals surface area contributed by atoms with Gasteiger partial charge >= 0.3 is 0 Å². The highest BCUT2D eigenvalue weighted by Gasteiger charge is 1.57. The SMILES string of the molecule is [Al].c1cc[pH]c1. The van der Waals surface area contributed by atoms with Gasteiger partial charge < -0.3 is 0 Å². The summed E-state index contributed by atoms with van der Waals surface area (Å²) in [6.45, 7) is 0. The van der Waals surface area contributed by atoms with Crippen LogP contribution in [0.2, 0.25) is 0 Å². The minimum atomic E-state index is 0. The van der Waals surface area contributed by atoms with Gasteiger partial charge in [0.05, 0.1) is 0 Å². The van der Waals surface area contributed by atoms with Gasteiger partial charge in [0.25, 0.3) is 0 Å². The topological polar surface area (TPSA) is 0 Å². The van der Waals surface area contributed by atoms with Crippen LogP contribution in [-0.4, -0.2) is 17.4 Å². The molecule has 1 aromatic rings. The average molecular weight is 111 g/mol. The van der Waals surface area contributed by atoms with Gasteiger partial charge in [0, 0.05) is 17.4 Å². The van der Waals surface area contributed by atoms with Crippen molar-refractivity contribution in [1.82, 2.24) is 0 Å². The van der Waals surface area contributed by atoms with Gasteiger partial charge in [-0.3, -0.25) is 0 Å². The van der Waals surface area contributed by atoms with Crippen LogP contribution in [0.15, 0.2) is 23.7 Å². The summed E-state index contributed by atoms with van der Waals surface area (Å²) in [5.74, 6) is 4.31. The van der Waals surface area contributed by atoms with Crippen LogP contribution < -0.4 is 0 Å². The van der Waals surface area contributed by atoms with E-state index in [4.69, 9.17) is 0 Å². The fourth-order valence-corrected chi connectivity index (χ4v) is 0.833. The zero-order chi connectivity index (χ0) is 3.54. The first-order chi connectivity index (χ1) is 2.50. The molecule has 0 saturated heterocycles. The molecule has 3 radical (unpaired) electrons. The third kappa shape index (κ3) is 1.68. The monoisotopic (exact) mass is 111 g/mol. The summed E-state index contributed by atoms with van der Waals surface area (Å²) in [7, 11) is 0.948. The molecule has 0 aliphatic rings. The van der Waals surface area contributed by atoms with Gasteiger partial charge in [-0.05, 0) is 11.6 Å². The Morgan fingerprint density at radius 1 is 1.00 bits per heavy atom. The Kier molecular flexibility index (Phi) is 3.68. The van der Waals surface area contributed by atoms with Gasteiger partial charge in [-0.2, -0.15) is 0 Å². The van der Waals surface area contributed by atoms with Crippen LogP contribution >= 0.6 is 8.19 Å². The maximum absolute atomic E-state index is 2.15. The van der Waals surface area contributed by atoms with Crippen LogP contribution in [0, 0.1) is 0 Å². The molecule has 0 bridgehead atoms.